The molecule has 1 aliphatic heterocycles. The Morgan fingerprint density at radius 3 is 2.68 bits per heavy atom. The normalized spacial score (nSPS) is 16.3. The summed E-state index contributed by atoms with van der Waals surface area (Å²) >= 11 is 0. The van der Waals surface area contributed by atoms with Gasteiger partial charge < -0.3 is 14.5 Å². The summed E-state index contributed by atoms with van der Waals surface area (Å²) in [4.78, 5) is 28.4. The van der Waals surface area contributed by atoms with Gasteiger partial charge >= 0.3 is 0 Å². The van der Waals surface area contributed by atoms with Crippen molar-refractivity contribution in [3.05, 3.63) is 65.5 Å². The van der Waals surface area contributed by atoms with Crippen LogP contribution in [0.15, 0.2) is 48.5 Å². The van der Waals surface area contributed by atoms with Gasteiger partial charge in [-0.3, -0.25) is 9.59 Å². The zero-order chi connectivity index (χ0) is 20.1. The minimum absolute atomic E-state index is 0.00356. The molecular weight excluding hydrogens is 359 g/mol. The Kier molecular flexibility index (Phi) is 6.29. The number of para-hydroxylation sites is 1. The largest absolute Gasteiger partial charge is 0.496 e. The molecule has 28 heavy (non-hydrogen) atoms. The first kappa shape index (κ1) is 19.9. The maximum absolute atomic E-state index is 13.6. The molecule has 0 spiro atoms. The summed E-state index contributed by atoms with van der Waals surface area (Å²) in [6, 6.07) is 13.7. The van der Waals surface area contributed by atoms with Gasteiger partial charge in [0, 0.05) is 31.6 Å². The Morgan fingerprint density at radius 2 is 2.00 bits per heavy atom. The van der Waals surface area contributed by atoms with Crippen molar-refractivity contribution in [3.8, 4) is 5.75 Å². The fourth-order valence-electron chi connectivity index (χ4n) is 3.51. The molecule has 2 amide bonds. The van der Waals surface area contributed by atoms with E-state index in [1.165, 1.54) is 12.1 Å². The molecule has 2 aromatic rings. The lowest BCUT2D eigenvalue weighted by Crippen LogP contribution is -2.40. The van der Waals surface area contributed by atoms with E-state index in [1.54, 1.807) is 29.0 Å². The van der Waals surface area contributed by atoms with Gasteiger partial charge in [-0.1, -0.05) is 37.3 Å². The summed E-state index contributed by atoms with van der Waals surface area (Å²) in [5.41, 5.74) is 1.56. The first-order valence-electron chi connectivity index (χ1n) is 9.38. The van der Waals surface area contributed by atoms with Gasteiger partial charge in [-0.25, -0.2) is 4.39 Å². The van der Waals surface area contributed by atoms with Crippen LogP contribution in [0, 0.1) is 11.7 Å². The number of carbonyl (C=O) groups is 2. The smallest absolute Gasteiger partial charge is 0.242 e. The maximum atomic E-state index is 13.6. The SMILES string of the molecule is COc1ccccc1CN(Cc1cccc(F)c1)C(=O)CN1C[C@@H](C)CC1=O. The van der Waals surface area contributed by atoms with Crippen LogP contribution in [0.2, 0.25) is 0 Å². The molecular formula is C22H25FN2O3. The lowest BCUT2D eigenvalue weighted by molar-refractivity contribution is -0.139. The molecule has 0 saturated carbocycles. The predicted octanol–water partition coefficient (Wildman–Crippen LogP) is 3.23. The van der Waals surface area contributed by atoms with E-state index >= 15 is 0 Å². The number of amides is 2. The Hall–Kier alpha value is -2.89. The van der Waals surface area contributed by atoms with Gasteiger partial charge in [-0.15, -0.1) is 0 Å². The number of hydrogen-bond acceptors (Lipinski definition) is 3. The van der Waals surface area contributed by atoms with Crippen molar-refractivity contribution in [2.24, 2.45) is 5.92 Å². The van der Waals surface area contributed by atoms with Gasteiger partial charge in [0.2, 0.25) is 11.8 Å². The van der Waals surface area contributed by atoms with Crippen LogP contribution in [0.25, 0.3) is 0 Å². The molecule has 0 radical (unpaired) electrons. The topological polar surface area (TPSA) is 49.9 Å². The Balaban J connectivity index is 1.81. The number of likely N-dealkylation sites (tertiary alicyclic amines) is 1. The summed E-state index contributed by atoms with van der Waals surface area (Å²) in [6.07, 6.45) is 0.476. The summed E-state index contributed by atoms with van der Waals surface area (Å²) in [7, 11) is 1.59. The standard InChI is InChI=1S/C22H25FN2O3/c1-16-10-21(26)24(12-16)15-22(27)25(13-17-6-5-8-19(23)11-17)14-18-7-3-4-9-20(18)28-2/h3-9,11,16H,10,12-15H2,1-2H3/t16-/m0/s1. The van der Waals surface area contributed by atoms with Gasteiger partial charge in [0.1, 0.15) is 11.6 Å². The third kappa shape index (κ3) is 4.88. The van der Waals surface area contributed by atoms with Gasteiger partial charge in [0.05, 0.1) is 13.7 Å². The second-order valence-electron chi connectivity index (χ2n) is 7.28. The summed E-state index contributed by atoms with van der Waals surface area (Å²) in [6.45, 7) is 3.20. The molecule has 0 unspecified atom stereocenters. The van der Waals surface area contributed by atoms with E-state index in [4.69, 9.17) is 4.74 Å². The highest BCUT2D eigenvalue weighted by molar-refractivity contribution is 5.86. The minimum Gasteiger partial charge on any atom is -0.496 e. The minimum atomic E-state index is -0.342. The number of carbonyl (C=O) groups excluding carboxylic acids is 2. The molecule has 6 heteroatoms. The van der Waals surface area contributed by atoms with Crippen molar-refractivity contribution in [2.45, 2.75) is 26.4 Å². The van der Waals surface area contributed by atoms with Crippen molar-refractivity contribution >= 4 is 11.8 Å². The zero-order valence-electron chi connectivity index (χ0n) is 16.2. The van der Waals surface area contributed by atoms with E-state index in [0.29, 0.717) is 30.8 Å². The Morgan fingerprint density at radius 1 is 1.21 bits per heavy atom. The van der Waals surface area contributed by atoms with Crippen LogP contribution in [0.1, 0.15) is 24.5 Å². The first-order valence-corrected chi connectivity index (χ1v) is 9.38. The summed E-state index contributed by atoms with van der Waals surface area (Å²) < 4.78 is 19.0. The van der Waals surface area contributed by atoms with E-state index in [9.17, 15) is 14.0 Å². The molecule has 0 bridgehead atoms. The number of ether oxygens (including phenoxy) is 1. The molecule has 1 fully saturated rings. The van der Waals surface area contributed by atoms with Crippen molar-refractivity contribution in [1.29, 1.82) is 0 Å². The monoisotopic (exact) mass is 384 g/mol. The summed E-state index contributed by atoms with van der Waals surface area (Å²) in [5, 5.41) is 0. The molecule has 1 saturated heterocycles. The van der Waals surface area contributed by atoms with Crippen molar-refractivity contribution in [2.75, 3.05) is 20.2 Å². The number of benzene rings is 2. The average molecular weight is 384 g/mol. The molecule has 5 nitrogen and oxygen atoms in total. The Labute approximate surface area is 164 Å². The zero-order valence-corrected chi connectivity index (χ0v) is 16.2. The molecule has 0 aromatic heterocycles. The second kappa shape index (κ2) is 8.87. The molecule has 2 aromatic carbocycles. The fraction of sp³-hybridized carbons (Fsp3) is 0.364. The quantitative estimate of drug-likeness (QED) is 0.736. The molecule has 1 aliphatic rings. The van der Waals surface area contributed by atoms with Gasteiger partial charge in [-0.05, 0) is 29.7 Å². The molecule has 1 atom stereocenters. The maximum Gasteiger partial charge on any atom is 0.242 e. The fourth-order valence-corrected chi connectivity index (χ4v) is 3.51. The summed E-state index contributed by atoms with van der Waals surface area (Å²) in [5.74, 6) is 0.434. The van der Waals surface area contributed by atoms with Crippen molar-refractivity contribution < 1.29 is 18.7 Å². The number of methoxy groups -OCH3 is 1. The molecule has 3 rings (SSSR count). The van der Waals surface area contributed by atoms with Crippen LogP contribution in [0.4, 0.5) is 4.39 Å². The van der Waals surface area contributed by atoms with Crippen molar-refractivity contribution in [3.63, 3.8) is 0 Å². The van der Waals surface area contributed by atoms with Gasteiger partial charge in [0.25, 0.3) is 0 Å². The van der Waals surface area contributed by atoms with Gasteiger partial charge in [0.15, 0.2) is 0 Å². The lowest BCUT2D eigenvalue weighted by atomic mass is 10.1. The number of rotatable bonds is 7. The van der Waals surface area contributed by atoms with Crippen LogP contribution in [0.5, 0.6) is 5.75 Å². The van der Waals surface area contributed by atoms with Crippen LogP contribution >= 0.6 is 0 Å². The average Bonchev–Trinajstić information content (AvgIpc) is 2.98. The van der Waals surface area contributed by atoms with Crippen molar-refractivity contribution in [1.82, 2.24) is 9.80 Å². The molecule has 0 aliphatic carbocycles. The highest BCUT2D eigenvalue weighted by atomic mass is 19.1. The third-order valence-electron chi connectivity index (χ3n) is 4.90. The number of nitrogens with zero attached hydrogens (tertiary/aromatic N) is 2. The van der Waals surface area contributed by atoms with Gasteiger partial charge in [-0.2, -0.15) is 0 Å². The highest BCUT2D eigenvalue weighted by Gasteiger charge is 2.29. The van der Waals surface area contributed by atoms with Crippen LogP contribution < -0.4 is 4.74 Å². The first-order chi connectivity index (χ1) is 13.5. The van der Waals surface area contributed by atoms with Crippen LogP contribution in [0.3, 0.4) is 0 Å². The van der Waals surface area contributed by atoms with E-state index in [0.717, 1.165) is 5.56 Å². The highest BCUT2D eigenvalue weighted by Crippen LogP contribution is 2.22. The van der Waals surface area contributed by atoms with E-state index in [2.05, 4.69) is 0 Å². The lowest BCUT2D eigenvalue weighted by Gasteiger charge is -2.26. The third-order valence-corrected chi connectivity index (χ3v) is 4.90. The predicted molar refractivity (Wildman–Crippen MR) is 104 cm³/mol. The Bertz CT molecular complexity index is 855. The number of hydrogen-bond donors (Lipinski definition) is 0. The second-order valence-corrected chi connectivity index (χ2v) is 7.28. The molecule has 148 valence electrons. The molecule has 0 N–H and O–H groups in total. The van der Waals surface area contributed by atoms with E-state index in [-0.39, 0.29) is 36.6 Å². The van der Waals surface area contributed by atoms with Crippen LogP contribution in [-0.4, -0.2) is 41.8 Å². The van der Waals surface area contributed by atoms with E-state index < -0.39 is 0 Å². The van der Waals surface area contributed by atoms with Crippen LogP contribution in [-0.2, 0) is 22.7 Å². The molecule has 1 heterocycles. The number of halogens is 1. The van der Waals surface area contributed by atoms with E-state index in [1.807, 2.05) is 31.2 Å².